The second kappa shape index (κ2) is 10.0. The van der Waals surface area contributed by atoms with Crippen LogP contribution < -0.4 is 9.47 Å². The number of benzene rings is 2. The van der Waals surface area contributed by atoms with E-state index in [1.165, 1.54) is 23.3 Å². The lowest BCUT2D eigenvalue weighted by Gasteiger charge is -2.24. The number of rotatable bonds is 6. The standard InChI is InChI=1S/C25H26ClFN4O4S/c1-13-9-14(21-15(10-13)29-18(33-6)12-28-21)23-30-22-17(36-23)11-16(20(27)19(22)26)34-8-7-31(5)24(32)35-25(2,3)4/h9-12H,7-8H2,1-6H3. The molecule has 2 aromatic carbocycles. The Bertz CT molecular complexity index is 1450. The van der Waals surface area contributed by atoms with Crippen molar-refractivity contribution in [1.82, 2.24) is 19.9 Å². The van der Waals surface area contributed by atoms with E-state index >= 15 is 4.39 Å². The molecule has 2 heterocycles. The van der Waals surface area contributed by atoms with Crippen molar-refractivity contribution >= 4 is 50.3 Å². The zero-order valence-electron chi connectivity index (χ0n) is 20.8. The summed E-state index contributed by atoms with van der Waals surface area (Å²) in [5.41, 5.74) is 2.77. The van der Waals surface area contributed by atoms with Crippen molar-refractivity contribution in [3.63, 3.8) is 0 Å². The van der Waals surface area contributed by atoms with Crippen molar-refractivity contribution in [3.8, 4) is 22.2 Å². The summed E-state index contributed by atoms with van der Waals surface area (Å²) in [5.74, 6) is -0.314. The van der Waals surface area contributed by atoms with Gasteiger partial charge in [0.2, 0.25) is 5.88 Å². The van der Waals surface area contributed by atoms with E-state index in [1.54, 1.807) is 40.1 Å². The molecule has 0 fully saturated rings. The predicted molar refractivity (Wildman–Crippen MR) is 139 cm³/mol. The molecule has 0 saturated carbocycles. The van der Waals surface area contributed by atoms with Crippen LogP contribution in [-0.2, 0) is 4.74 Å². The Kier molecular flexibility index (Phi) is 7.19. The molecule has 0 bridgehead atoms. The number of fused-ring (bicyclic) bond motifs is 2. The first-order chi connectivity index (χ1) is 17.0. The van der Waals surface area contributed by atoms with Gasteiger partial charge in [-0.05, 0) is 45.4 Å². The van der Waals surface area contributed by atoms with Crippen molar-refractivity contribution in [2.45, 2.75) is 33.3 Å². The number of hydrogen-bond donors (Lipinski definition) is 0. The summed E-state index contributed by atoms with van der Waals surface area (Å²) in [5, 5.41) is 0.497. The number of likely N-dealkylation sites (N-methyl/N-ethyl adjacent to an activating group) is 1. The topological polar surface area (TPSA) is 86.7 Å². The molecule has 0 atom stereocenters. The first-order valence-corrected chi connectivity index (χ1v) is 12.3. The van der Waals surface area contributed by atoms with Gasteiger partial charge in [0.05, 0.1) is 35.6 Å². The molecule has 4 rings (SSSR count). The number of thiazole rings is 1. The third-order valence-electron chi connectivity index (χ3n) is 5.13. The fourth-order valence-corrected chi connectivity index (χ4v) is 4.75. The fourth-order valence-electron chi connectivity index (χ4n) is 3.43. The number of carbonyl (C=O) groups excluding carboxylic acids is 1. The van der Waals surface area contributed by atoms with Crippen LogP contribution in [0.2, 0.25) is 5.02 Å². The van der Waals surface area contributed by atoms with Crippen LogP contribution in [0.5, 0.6) is 11.6 Å². The summed E-state index contributed by atoms with van der Waals surface area (Å²) < 4.78 is 31.8. The number of aryl methyl sites for hydroxylation is 1. The van der Waals surface area contributed by atoms with Gasteiger partial charge in [-0.25, -0.2) is 24.1 Å². The third-order valence-corrected chi connectivity index (χ3v) is 6.51. The van der Waals surface area contributed by atoms with Crippen LogP contribution in [0.25, 0.3) is 31.8 Å². The first kappa shape index (κ1) is 25.8. The fraction of sp³-hybridized carbons (Fsp3) is 0.360. The Labute approximate surface area is 217 Å². The molecule has 0 aliphatic carbocycles. The maximum Gasteiger partial charge on any atom is 0.410 e. The molecule has 36 heavy (non-hydrogen) atoms. The SMILES string of the molecule is COc1cnc2c(-c3nc4c(Cl)c(F)c(OCCN(C)C(=O)OC(C)(C)C)cc4s3)cc(C)cc2n1. The number of ether oxygens (including phenoxy) is 3. The highest BCUT2D eigenvalue weighted by Gasteiger charge is 2.22. The van der Waals surface area contributed by atoms with E-state index in [4.69, 9.17) is 25.8 Å². The van der Waals surface area contributed by atoms with Gasteiger partial charge in [-0.15, -0.1) is 11.3 Å². The van der Waals surface area contributed by atoms with Crippen LogP contribution in [-0.4, -0.2) is 58.9 Å². The zero-order chi connectivity index (χ0) is 26.2. The van der Waals surface area contributed by atoms with Gasteiger partial charge < -0.3 is 19.1 Å². The van der Waals surface area contributed by atoms with E-state index in [9.17, 15) is 4.79 Å². The van der Waals surface area contributed by atoms with Crippen molar-refractivity contribution in [1.29, 1.82) is 0 Å². The number of nitrogens with zero attached hydrogens (tertiary/aromatic N) is 4. The Morgan fingerprint density at radius 2 is 1.94 bits per heavy atom. The van der Waals surface area contributed by atoms with Crippen molar-refractivity contribution < 1.29 is 23.4 Å². The molecule has 11 heteroatoms. The lowest BCUT2D eigenvalue weighted by atomic mass is 10.1. The smallest absolute Gasteiger partial charge is 0.410 e. The lowest BCUT2D eigenvalue weighted by molar-refractivity contribution is 0.0277. The minimum absolute atomic E-state index is 0.0149. The van der Waals surface area contributed by atoms with E-state index in [0.29, 0.717) is 32.1 Å². The number of carbonyl (C=O) groups is 1. The average Bonchev–Trinajstić information content (AvgIpc) is 3.24. The van der Waals surface area contributed by atoms with Gasteiger partial charge in [-0.2, -0.15) is 0 Å². The van der Waals surface area contributed by atoms with Crippen LogP contribution in [0.15, 0.2) is 24.4 Å². The summed E-state index contributed by atoms with van der Waals surface area (Å²) in [7, 11) is 3.12. The molecule has 0 N–H and O–H groups in total. The van der Waals surface area contributed by atoms with E-state index in [0.717, 1.165) is 11.1 Å². The van der Waals surface area contributed by atoms with Crippen LogP contribution in [0.1, 0.15) is 26.3 Å². The van der Waals surface area contributed by atoms with Crippen LogP contribution in [0, 0.1) is 12.7 Å². The summed E-state index contributed by atoms with van der Waals surface area (Å²) >= 11 is 7.69. The lowest BCUT2D eigenvalue weighted by Crippen LogP contribution is -2.36. The van der Waals surface area contributed by atoms with Gasteiger partial charge in [-0.3, -0.25) is 0 Å². The van der Waals surface area contributed by atoms with E-state index in [-0.39, 0.29) is 23.9 Å². The zero-order valence-corrected chi connectivity index (χ0v) is 22.4. The van der Waals surface area contributed by atoms with Crippen LogP contribution in [0.4, 0.5) is 9.18 Å². The second-order valence-corrected chi connectivity index (χ2v) is 10.6. The van der Waals surface area contributed by atoms with Crippen molar-refractivity contribution in [3.05, 3.63) is 40.8 Å². The summed E-state index contributed by atoms with van der Waals surface area (Å²) in [6.07, 6.45) is 1.06. The highest BCUT2D eigenvalue weighted by atomic mass is 35.5. The first-order valence-electron chi connectivity index (χ1n) is 11.1. The van der Waals surface area contributed by atoms with Crippen LogP contribution in [0.3, 0.4) is 0 Å². The minimum atomic E-state index is -0.709. The highest BCUT2D eigenvalue weighted by molar-refractivity contribution is 7.21. The molecule has 2 aromatic heterocycles. The number of halogens is 2. The number of aromatic nitrogens is 3. The molecule has 0 unspecified atom stereocenters. The number of methoxy groups -OCH3 is 1. The molecule has 0 aliphatic heterocycles. The van der Waals surface area contributed by atoms with Crippen molar-refractivity contribution in [2.24, 2.45) is 0 Å². The molecule has 1 amide bonds. The minimum Gasteiger partial charge on any atom is -0.489 e. The molecular formula is C25H26ClFN4O4S. The summed E-state index contributed by atoms with van der Waals surface area (Å²) in [6, 6.07) is 5.43. The van der Waals surface area contributed by atoms with Gasteiger partial charge in [0, 0.05) is 18.7 Å². The Balaban J connectivity index is 1.61. The molecule has 4 aromatic rings. The Morgan fingerprint density at radius 3 is 2.64 bits per heavy atom. The van der Waals surface area contributed by atoms with Crippen molar-refractivity contribution in [2.75, 3.05) is 27.3 Å². The Morgan fingerprint density at radius 1 is 1.19 bits per heavy atom. The Hall–Kier alpha value is -3.24. The number of amides is 1. The molecule has 190 valence electrons. The van der Waals surface area contributed by atoms with Gasteiger partial charge >= 0.3 is 6.09 Å². The van der Waals surface area contributed by atoms with E-state index in [2.05, 4.69) is 15.0 Å². The maximum atomic E-state index is 15.0. The molecule has 8 nitrogen and oxygen atoms in total. The largest absolute Gasteiger partial charge is 0.489 e. The normalized spacial score (nSPS) is 11.7. The van der Waals surface area contributed by atoms with E-state index in [1.807, 2.05) is 19.1 Å². The molecule has 0 aliphatic rings. The quantitative estimate of drug-likeness (QED) is 0.289. The highest BCUT2D eigenvalue weighted by Crippen LogP contribution is 2.40. The number of hydrogen-bond acceptors (Lipinski definition) is 8. The van der Waals surface area contributed by atoms with Crippen LogP contribution >= 0.6 is 22.9 Å². The molecule has 0 spiro atoms. The maximum absolute atomic E-state index is 15.0. The monoisotopic (exact) mass is 532 g/mol. The molecule has 0 radical (unpaired) electrons. The van der Waals surface area contributed by atoms with Gasteiger partial charge in [0.1, 0.15) is 27.8 Å². The van der Waals surface area contributed by atoms with E-state index < -0.39 is 17.5 Å². The van der Waals surface area contributed by atoms with Gasteiger partial charge in [-0.1, -0.05) is 11.6 Å². The average molecular weight is 533 g/mol. The third kappa shape index (κ3) is 5.44. The molecular weight excluding hydrogens is 507 g/mol. The second-order valence-electron chi connectivity index (χ2n) is 9.21. The summed E-state index contributed by atoms with van der Waals surface area (Å²) in [6.45, 7) is 7.57. The van der Waals surface area contributed by atoms with Gasteiger partial charge in [0.25, 0.3) is 0 Å². The summed E-state index contributed by atoms with van der Waals surface area (Å²) in [4.78, 5) is 27.1. The molecule has 0 saturated heterocycles. The van der Waals surface area contributed by atoms with Gasteiger partial charge in [0.15, 0.2) is 11.6 Å². The predicted octanol–water partition coefficient (Wildman–Crippen LogP) is 6.26.